The smallest absolute Gasteiger partial charge is 0.367 e. The van der Waals surface area contributed by atoms with E-state index in [1.165, 1.54) is 18.2 Å². The van der Waals surface area contributed by atoms with E-state index in [2.05, 4.69) is 5.16 Å². The molecule has 0 saturated carbocycles. The van der Waals surface area contributed by atoms with Crippen molar-refractivity contribution in [1.29, 1.82) is 0 Å². The standard InChI is InChI=1S/C14H9Cl3N2O2/c15-8-5-6-10(12(17)7-8)14(20)21-19-13(18)9-3-1-2-4-11(9)16/h1-7H,(H2,18,19). The number of carbonyl (C=O) groups is 1. The fourth-order valence-corrected chi connectivity index (χ4v) is 2.23. The number of nitrogens with zero attached hydrogens (tertiary/aromatic N) is 1. The first-order chi connectivity index (χ1) is 9.99. The van der Waals surface area contributed by atoms with Crippen molar-refractivity contribution >= 4 is 46.6 Å². The summed E-state index contributed by atoms with van der Waals surface area (Å²) in [5.41, 5.74) is 6.32. The van der Waals surface area contributed by atoms with Gasteiger partial charge in [0.15, 0.2) is 5.84 Å². The zero-order valence-corrected chi connectivity index (χ0v) is 12.8. The zero-order chi connectivity index (χ0) is 15.4. The molecule has 7 heteroatoms. The predicted octanol–water partition coefficient (Wildman–Crippen LogP) is 4.12. The zero-order valence-electron chi connectivity index (χ0n) is 10.5. The summed E-state index contributed by atoms with van der Waals surface area (Å²) in [6, 6.07) is 11.2. The lowest BCUT2D eigenvalue weighted by molar-refractivity contribution is 0.0516. The van der Waals surface area contributed by atoms with Gasteiger partial charge in [-0.05, 0) is 30.3 Å². The van der Waals surface area contributed by atoms with Gasteiger partial charge in [-0.2, -0.15) is 0 Å². The minimum absolute atomic E-state index is 0.0148. The number of carbonyl (C=O) groups excluding carboxylic acids is 1. The summed E-state index contributed by atoms with van der Waals surface area (Å²) < 4.78 is 0. The molecule has 0 fully saturated rings. The van der Waals surface area contributed by atoms with Crippen LogP contribution in [-0.2, 0) is 4.84 Å². The van der Waals surface area contributed by atoms with Crippen LogP contribution >= 0.6 is 34.8 Å². The maximum atomic E-state index is 11.9. The maximum absolute atomic E-state index is 11.9. The van der Waals surface area contributed by atoms with Crippen LogP contribution in [0.2, 0.25) is 15.1 Å². The van der Waals surface area contributed by atoms with Gasteiger partial charge in [0, 0.05) is 10.6 Å². The Kier molecular flexibility index (Phi) is 5.07. The van der Waals surface area contributed by atoms with Gasteiger partial charge < -0.3 is 10.6 Å². The van der Waals surface area contributed by atoms with Crippen LogP contribution in [0.25, 0.3) is 0 Å². The second kappa shape index (κ2) is 6.80. The number of nitrogens with two attached hydrogens (primary N) is 1. The Hall–Kier alpha value is -1.75. The van der Waals surface area contributed by atoms with Gasteiger partial charge in [0.2, 0.25) is 0 Å². The van der Waals surface area contributed by atoms with Gasteiger partial charge in [0.1, 0.15) is 0 Å². The molecular weight excluding hydrogens is 335 g/mol. The molecule has 0 heterocycles. The normalized spacial score (nSPS) is 11.3. The quantitative estimate of drug-likeness (QED) is 0.394. The Bertz CT molecular complexity index is 717. The van der Waals surface area contributed by atoms with E-state index in [1.54, 1.807) is 24.3 Å². The van der Waals surface area contributed by atoms with E-state index in [0.29, 0.717) is 15.6 Å². The molecule has 21 heavy (non-hydrogen) atoms. The summed E-state index contributed by atoms with van der Waals surface area (Å²) >= 11 is 17.6. The summed E-state index contributed by atoms with van der Waals surface area (Å²) in [5, 5.41) is 4.54. The second-order valence-electron chi connectivity index (χ2n) is 3.96. The van der Waals surface area contributed by atoms with E-state index in [4.69, 9.17) is 45.4 Å². The molecule has 4 nitrogen and oxygen atoms in total. The van der Waals surface area contributed by atoms with Gasteiger partial charge in [0.05, 0.1) is 15.6 Å². The van der Waals surface area contributed by atoms with Crippen LogP contribution in [0.3, 0.4) is 0 Å². The van der Waals surface area contributed by atoms with Crippen LogP contribution in [0.1, 0.15) is 15.9 Å². The predicted molar refractivity (Wildman–Crippen MR) is 84.1 cm³/mol. The Balaban J connectivity index is 2.17. The average Bonchev–Trinajstić information content (AvgIpc) is 2.45. The van der Waals surface area contributed by atoms with Crippen molar-refractivity contribution in [1.82, 2.24) is 0 Å². The van der Waals surface area contributed by atoms with E-state index in [9.17, 15) is 4.79 Å². The van der Waals surface area contributed by atoms with Crippen LogP contribution in [0.4, 0.5) is 0 Å². The molecule has 0 radical (unpaired) electrons. The summed E-state index contributed by atoms with van der Waals surface area (Å²) in [6.07, 6.45) is 0. The number of benzene rings is 2. The van der Waals surface area contributed by atoms with Crippen molar-refractivity contribution in [2.45, 2.75) is 0 Å². The van der Waals surface area contributed by atoms with Crippen LogP contribution in [0.15, 0.2) is 47.6 Å². The molecular formula is C14H9Cl3N2O2. The van der Waals surface area contributed by atoms with Crippen molar-refractivity contribution in [3.8, 4) is 0 Å². The molecule has 0 amide bonds. The molecule has 0 spiro atoms. The van der Waals surface area contributed by atoms with Crippen molar-refractivity contribution in [3.63, 3.8) is 0 Å². The molecule has 0 aliphatic carbocycles. The first kappa shape index (κ1) is 15.6. The van der Waals surface area contributed by atoms with Gasteiger partial charge in [-0.25, -0.2) is 4.79 Å². The van der Waals surface area contributed by atoms with Crippen molar-refractivity contribution in [2.75, 3.05) is 0 Å². The molecule has 2 aromatic rings. The Labute approximate surface area is 136 Å². The van der Waals surface area contributed by atoms with E-state index >= 15 is 0 Å². The highest BCUT2D eigenvalue weighted by molar-refractivity contribution is 6.36. The fraction of sp³-hybridized carbons (Fsp3) is 0. The van der Waals surface area contributed by atoms with Crippen molar-refractivity contribution in [2.24, 2.45) is 10.9 Å². The highest BCUT2D eigenvalue weighted by atomic mass is 35.5. The Morgan fingerprint density at radius 1 is 1.00 bits per heavy atom. The number of rotatable bonds is 3. The third kappa shape index (κ3) is 3.88. The lowest BCUT2D eigenvalue weighted by atomic mass is 10.2. The largest absolute Gasteiger partial charge is 0.380 e. The van der Waals surface area contributed by atoms with Gasteiger partial charge in [-0.1, -0.05) is 52.1 Å². The number of hydrogen-bond acceptors (Lipinski definition) is 3. The molecule has 0 atom stereocenters. The van der Waals surface area contributed by atoms with Crippen molar-refractivity contribution in [3.05, 3.63) is 68.7 Å². The minimum Gasteiger partial charge on any atom is -0.380 e. The fourth-order valence-electron chi connectivity index (χ4n) is 1.51. The first-order valence-corrected chi connectivity index (χ1v) is 6.87. The van der Waals surface area contributed by atoms with E-state index < -0.39 is 5.97 Å². The van der Waals surface area contributed by atoms with Gasteiger partial charge in [-0.15, -0.1) is 0 Å². The first-order valence-electron chi connectivity index (χ1n) is 5.74. The molecule has 2 rings (SSSR count). The molecule has 0 aromatic heterocycles. The van der Waals surface area contributed by atoms with Gasteiger partial charge in [0.25, 0.3) is 0 Å². The molecule has 0 aliphatic rings. The van der Waals surface area contributed by atoms with E-state index in [-0.39, 0.29) is 16.4 Å². The van der Waals surface area contributed by atoms with Crippen LogP contribution in [0.5, 0.6) is 0 Å². The molecule has 0 aliphatic heterocycles. The Morgan fingerprint density at radius 2 is 1.71 bits per heavy atom. The minimum atomic E-state index is -0.744. The summed E-state index contributed by atoms with van der Waals surface area (Å²) in [6.45, 7) is 0. The van der Waals surface area contributed by atoms with Gasteiger partial charge in [-0.3, -0.25) is 0 Å². The Morgan fingerprint density at radius 3 is 2.38 bits per heavy atom. The number of amidine groups is 1. The van der Waals surface area contributed by atoms with Gasteiger partial charge >= 0.3 is 5.97 Å². The lowest BCUT2D eigenvalue weighted by Crippen LogP contribution is -2.15. The van der Waals surface area contributed by atoms with E-state index in [1.807, 2.05) is 0 Å². The monoisotopic (exact) mass is 342 g/mol. The molecule has 2 aromatic carbocycles. The number of halogens is 3. The van der Waals surface area contributed by atoms with Crippen LogP contribution in [0, 0.1) is 0 Å². The maximum Gasteiger partial charge on any atom is 0.367 e. The summed E-state index contributed by atoms with van der Waals surface area (Å²) in [7, 11) is 0. The molecule has 108 valence electrons. The SMILES string of the molecule is N/C(=N\OC(=O)c1ccc(Cl)cc1Cl)c1ccccc1Cl. The summed E-state index contributed by atoms with van der Waals surface area (Å²) in [5.74, 6) is -0.759. The highest BCUT2D eigenvalue weighted by Gasteiger charge is 2.13. The average molecular weight is 344 g/mol. The third-order valence-corrected chi connectivity index (χ3v) is 3.41. The highest BCUT2D eigenvalue weighted by Crippen LogP contribution is 2.22. The number of oxime groups is 1. The third-order valence-electron chi connectivity index (χ3n) is 2.53. The summed E-state index contributed by atoms with van der Waals surface area (Å²) in [4.78, 5) is 16.6. The molecule has 0 saturated heterocycles. The molecule has 2 N–H and O–H groups in total. The second-order valence-corrected chi connectivity index (χ2v) is 5.21. The molecule has 0 unspecified atom stereocenters. The number of hydrogen-bond donors (Lipinski definition) is 1. The van der Waals surface area contributed by atoms with Crippen LogP contribution in [-0.4, -0.2) is 11.8 Å². The molecule has 0 bridgehead atoms. The topological polar surface area (TPSA) is 64.7 Å². The lowest BCUT2D eigenvalue weighted by Gasteiger charge is -2.04. The van der Waals surface area contributed by atoms with Crippen molar-refractivity contribution < 1.29 is 9.63 Å². The van der Waals surface area contributed by atoms with E-state index in [0.717, 1.165) is 0 Å². The van der Waals surface area contributed by atoms with Crippen LogP contribution < -0.4 is 5.73 Å².